The fourth-order valence-electron chi connectivity index (χ4n) is 3.54. The molecular weight excluding hydrogens is 294 g/mol. The molecule has 4 rings (SSSR count). The Hall–Kier alpha value is -1.21. The van der Waals surface area contributed by atoms with Gasteiger partial charge in [0.05, 0.1) is 10.6 Å². The Morgan fingerprint density at radius 1 is 1.18 bits per heavy atom. The number of H-pyrrole nitrogens is 1. The van der Waals surface area contributed by atoms with Gasteiger partial charge in [0.2, 0.25) is 0 Å². The normalized spacial score (nSPS) is 24.5. The maximum atomic E-state index is 4.04. The highest BCUT2D eigenvalue weighted by Gasteiger charge is 2.30. The van der Waals surface area contributed by atoms with Crippen LogP contribution in [0.25, 0.3) is 10.6 Å². The molecule has 0 radical (unpaired) electrons. The quantitative estimate of drug-likeness (QED) is 0.933. The van der Waals surface area contributed by atoms with Crippen molar-refractivity contribution in [3.8, 4) is 10.6 Å². The minimum atomic E-state index is 0.708. The number of nitrogens with one attached hydrogen (secondary N) is 1. The predicted octanol–water partition coefficient (Wildman–Crippen LogP) is 1.57. The SMILES string of the molecule is CN1CCN2CCN(Cc3ccc(-c4ccn[nH]4)s3)C[C@@H]2C1. The third-order valence-electron chi connectivity index (χ3n) is 4.79. The van der Waals surface area contributed by atoms with Gasteiger partial charge in [-0.1, -0.05) is 0 Å². The smallest absolute Gasteiger partial charge is 0.0749 e. The second kappa shape index (κ2) is 6.12. The highest BCUT2D eigenvalue weighted by atomic mass is 32.1. The number of thiophene rings is 1. The number of hydrogen-bond acceptors (Lipinski definition) is 5. The highest BCUT2D eigenvalue weighted by molar-refractivity contribution is 7.15. The second-order valence-electron chi connectivity index (χ2n) is 6.42. The molecule has 0 amide bonds. The first-order valence-electron chi connectivity index (χ1n) is 8.01. The second-order valence-corrected chi connectivity index (χ2v) is 7.59. The van der Waals surface area contributed by atoms with Crippen LogP contribution >= 0.6 is 11.3 Å². The van der Waals surface area contributed by atoms with Gasteiger partial charge in [0.25, 0.3) is 0 Å². The number of piperazine rings is 2. The van der Waals surface area contributed by atoms with Gasteiger partial charge in [0.15, 0.2) is 0 Å². The van der Waals surface area contributed by atoms with Crippen molar-refractivity contribution in [2.75, 3.05) is 46.3 Å². The zero-order chi connectivity index (χ0) is 14.9. The van der Waals surface area contributed by atoms with E-state index in [-0.39, 0.29) is 0 Å². The van der Waals surface area contributed by atoms with Crippen molar-refractivity contribution >= 4 is 11.3 Å². The van der Waals surface area contributed by atoms with E-state index in [0.29, 0.717) is 6.04 Å². The molecule has 5 nitrogen and oxygen atoms in total. The number of aromatic nitrogens is 2. The number of rotatable bonds is 3. The van der Waals surface area contributed by atoms with E-state index in [9.17, 15) is 0 Å². The van der Waals surface area contributed by atoms with E-state index in [1.165, 1.54) is 49.0 Å². The summed E-state index contributed by atoms with van der Waals surface area (Å²) in [6.07, 6.45) is 1.81. The van der Waals surface area contributed by atoms with Crippen molar-refractivity contribution < 1.29 is 0 Å². The Labute approximate surface area is 135 Å². The lowest BCUT2D eigenvalue weighted by atomic mass is 10.1. The largest absolute Gasteiger partial charge is 0.303 e. The molecular formula is C16H23N5S. The summed E-state index contributed by atoms with van der Waals surface area (Å²) in [6.45, 7) is 8.34. The van der Waals surface area contributed by atoms with Crippen LogP contribution in [0.3, 0.4) is 0 Å². The fraction of sp³-hybridized carbons (Fsp3) is 0.562. The van der Waals surface area contributed by atoms with Crippen LogP contribution in [-0.2, 0) is 6.54 Å². The third-order valence-corrected chi connectivity index (χ3v) is 5.89. The molecule has 118 valence electrons. The minimum absolute atomic E-state index is 0.708. The van der Waals surface area contributed by atoms with Crippen LogP contribution in [0.2, 0.25) is 0 Å². The van der Waals surface area contributed by atoms with Crippen LogP contribution in [-0.4, -0.2) is 77.3 Å². The maximum Gasteiger partial charge on any atom is 0.0749 e. The number of fused-ring (bicyclic) bond motifs is 1. The lowest BCUT2D eigenvalue weighted by Gasteiger charge is -2.46. The number of hydrogen-bond donors (Lipinski definition) is 1. The van der Waals surface area contributed by atoms with Crippen LogP contribution in [0.4, 0.5) is 0 Å². The summed E-state index contributed by atoms with van der Waals surface area (Å²) in [6, 6.07) is 7.21. The Morgan fingerprint density at radius 3 is 2.95 bits per heavy atom. The summed E-state index contributed by atoms with van der Waals surface area (Å²) < 4.78 is 0. The zero-order valence-electron chi connectivity index (χ0n) is 13.0. The van der Waals surface area contributed by atoms with Crippen LogP contribution in [0.15, 0.2) is 24.4 Å². The fourth-order valence-corrected chi connectivity index (χ4v) is 4.57. The molecule has 1 atom stereocenters. The topological polar surface area (TPSA) is 38.4 Å². The van der Waals surface area contributed by atoms with Gasteiger partial charge in [0, 0.05) is 62.9 Å². The van der Waals surface area contributed by atoms with Crippen LogP contribution in [0, 0.1) is 0 Å². The molecule has 0 aromatic carbocycles. The van der Waals surface area contributed by atoms with Crippen molar-refractivity contribution in [3.05, 3.63) is 29.3 Å². The van der Waals surface area contributed by atoms with Gasteiger partial charge in [0.1, 0.15) is 0 Å². The number of aromatic amines is 1. The average molecular weight is 317 g/mol. The van der Waals surface area contributed by atoms with E-state index in [1.54, 1.807) is 0 Å². The Bertz CT molecular complexity index is 608. The van der Waals surface area contributed by atoms with Gasteiger partial charge >= 0.3 is 0 Å². The first-order chi connectivity index (χ1) is 10.8. The van der Waals surface area contributed by atoms with E-state index in [1.807, 2.05) is 23.6 Å². The van der Waals surface area contributed by atoms with Gasteiger partial charge in [-0.15, -0.1) is 11.3 Å². The molecule has 6 heteroatoms. The number of likely N-dealkylation sites (N-methyl/N-ethyl adjacent to an activating group) is 1. The van der Waals surface area contributed by atoms with E-state index in [2.05, 4.69) is 44.1 Å². The summed E-state index contributed by atoms with van der Waals surface area (Å²) >= 11 is 1.88. The Morgan fingerprint density at radius 2 is 2.09 bits per heavy atom. The van der Waals surface area contributed by atoms with E-state index in [4.69, 9.17) is 0 Å². The molecule has 2 aliphatic rings. The van der Waals surface area contributed by atoms with E-state index < -0.39 is 0 Å². The molecule has 0 unspecified atom stereocenters. The summed E-state index contributed by atoms with van der Waals surface area (Å²) in [4.78, 5) is 10.5. The van der Waals surface area contributed by atoms with E-state index >= 15 is 0 Å². The molecule has 0 spiro atoms. The van der Waals surface area contributed by atoms with Gasteiger partial charge < -0.3 is 4.90 Å². The molecule has 2 saturated heterocycles. The summed E-state index contributed by atoms with van der Waals surface area (Å²) in [5.41, 5.74) is 1.12. The first-order valence-corrected chi connectivity index (χ1v) is 8.83. The van der Waals surface area contributed by atoms with Gasteiger partial charge in [-0.25, -0.2) is 0 Å². The van der Waals surface area contributed by atoms with Gasteiger partial charge in [-0.3, -0.25) is 14.9 Å². The summed E-state index contributed by atoms with van der Waals surface area (Å²) in [5, 5.41) is 7.08. The predicted molar refractivity (Wildman–Crippen MR) is 90.0 cm³/mol. The molecule has 0 aliphatic carbocycles. The average Bonchev–Trinajstić information content (AvgIpc) is 3.17. The maximum absolute atomic E-state index is 4.04. The van der Waals surface area contributed by atoms with Crippen molar-refractivity contribution in [2.45, 2.75) is 12.6 Å². The standard InChI is InChI=1S/C16H23N5S/c1-19-6-8-21-9-7-20(11-13(21)10-19)12-14-2-3-16(22-14)15-4-5-17-18-15/h2-5,13H,6-12H2,1H3,(H,17,18)/t13-/m0/s1. The van der Waals surface area contributed by atoms with Gasteiger partial charge in [-0.05, 0) is 25.2 Å². The lowest BCUT2D eigenvalue weighted by molar-refractivity contribution is 0.0179. The van der Waals surface area contributed by atoms with Crippen molar-refractivity contribution in [3.63, 3.8) is 0 Å². The minimum Gasteiger partial charge on any atom is -0.303 e. The Balaban J connectivity index is 1.39. The van der Waals surface area contributed by atoms with Crippen LogP contribution in [0.1, 0.15) is 4.88 Å². The van der Waals surface area contributed by atoms with Crippen molar-refractivity contribution in [1.29, 1.82) is 0 Å². The van der Waals surface area contributed by atoms with Gasteiger partial charge in [-0.2, -0.15) is 5.10 Å². The molecule has 2 aromatic heterocycles. The molecule has 2 aromatic rings. The third kappa shape index (κ3) is 2.96. The number of nitrogens with zero attached hydrogens (tertiary/aromatic N) is 4. The van der Waals surface area contributed by atoms with Crippen molar-refractivity contribution in [2.24, 2.45) is 0 Å². The molecule has 0 saturated carbocycles. The molecule has 22 heavy (non-hydrogen) atoms. The van der Waals surface area contributed by atoms with Crippen LogP contribution in [0.5, 0.6) is 0 Å². The molecule has 1 N–H and O–H groups in total. The first kappa shape index (κ1) is 14.4. The van der Waals surface area contributed by atoms with E-state index in [0.717, 1.165) is 12.2 Å². The monoisotopic (exact) mass is 317 g/mol. The van der Waals surface area contributed by atoms with Crippen LogP contribution < -0.4 is 0 Å². The lowest BCUT2D eigenvalue weighted by Crippen LogP contribution is -2.60. The van der Waals surface area contributed by atoms with Crippen molar-refractivity contribution in [1.82, 2.24) is 24.9 Å². The zero-order valence-corrected chi connectivity index (χ0v) is 13.9. The molecule has 0 bridgehead atoms. The molecule has 2 fully saturated rings. The Kier molecular flexibility index (Phi) is 4.00. The highest BCUT2D eigenvalue weighted by Crippen LogP contribution is 2.27. The summed E-state index contributed by atoms with van der Waals surface area (Å²) in [7, 11) is 2.24. The molecule has 2 aliphatic heterocycles. The molecule has 4 heterocycles. The summed E-state index contributed by atoms with van der Waals surface area (Å²) in [5.74, 6) is 0.